The van der Waals surface area contributed by atoms with Crippen LogP contribution in [0.5, 0.6) is 0 Å². The predicted octanol–water partition coefficient (Wildman–Crippen LogP) is 6.19. The first-order valence-electron chi connectivity index (χ1n) is 14.7. The van der Waals surface area contributed by atoms with Crippen molar-refractivity contribution in [2.75, 3.05) is 36.9 Å². The van der Waals surface area contributed by atoms with Crippen LogP contribution in [0.25, 0.3) is 11.2 Å². The van der Waals surface area contributed by atoms with E-state index in [0.29, 0.717) is 29.6 Å². The van der Waals surface area contributed by atoms with Gasteiger partial charge in [-0.05, 0) is 76.6 Å². The van der Waals surface area contributed by atoms with Gasteiger partial charge in [-0.1, -0.05) is 19.3 Å². The molecule has 0 amide bonds. The summed E-state index contributed by atoms with van der Waals surface area (Å²) in [5, 5.41) is 6.63. The highest BCUT2D eigenvalue weighted by atomic mass is 19.1. The Morgan fingerprint density at radius 2 is 1.72 bits per heavy atom. The summed E-state index contributed by atoms with van der Waals surface area (Å²) in [5.74, 6) is -0.159. The smallest absolute Gasteiger partial charge is 0.224 e. The molecule has 8 nitrogen and oxygen atoms in total. The van der Waals surface area contributed by atoms with E-state index in [1.165, 1.54) is 44.5 Å². The zero-order valence-electron chi connectivity index (χ0n) is 22.5. The fourth-order valence-corrected chi connectivity index (χ4v) is 6.36. The van der Waals surface area contributed by atoms with Crippen LogP contribution in [0.4, 0.5) is 26.4 Å². The SMILES string of the molecule is Fc1ccc(Nc2nc3cnc(NC4CCC(OCCN5CCCCC5)CC4)nc3n2C2CCCC2)c(F)c1. The number of fused-ring (bicyclic) bond motifs is 1. The van der Waals surface area contributed by atoms with Crippen molar-refractivity contribution in [3.05, 3.63) is 36.0 Å². The van der Waals surface area contributed by atoms with E-state index in [0.717, 1.165) is 76.2 Å². The lowest BCUT2D eigenvalue weighted by atomic mass is 9.93. The molecular formula is C29H39F2N7O. The molecule has 0 radical (unpaired) electrons. The second-order valence-electron chi connectivity index (χ2n) is 11.3. The third kappa shape index (κ3) is 6.32. The number of piperidine rings is 1. The summed E-state index contributed by atoms with van der Waals surface area (Å²) in [6.45, 7) is 4.30. The zero-order chi connectivity index (χ0) is 26.6. The lowest BCUT2D eigenvalue weighted by Crippen LogP contribution is -2.35. The number of anilines is 3. The fourth-order valence-electron chi connectivity index (χ4n) is 6.36. The molecule has 2 N–H and O–H groups in total. The third-order valence-electron chi connectivity index (χ3n) is 8.52. The van der Waals surface area contributed by atoms with Crippen LogP contribution in [0.1, 0.15) is 76.7 Å². The molecule has 2 saturated carbocycles. The van der Waals surface area contributed by atoms with Gasteiger partial charge in [0.25, 0.3) is 0 Å². The average Bonchev–Trinajstić information content (AvgIpc) is 3.59. The van der Waals surface area contributed by atoms with Crippen molar-refractivity contribution in [2.24, 2.45) is 0 Å². The van der Waals surface area contributed by atoms with Gasteiger partial charge in [0.05, 0.1) is 24.6 Å². The van der Waals surface area contributed by atoms with Gasteiger partial charge >= 0.3 is 0 Å². The van der Waals surface area contributed by atoms with Gasteiger partial charge in [-0.2, -0.15) is 4.98 Å². The largest absolute Gasteiger partial charge is 0.377 e. The number of benzene rings is 1. The van der Waals surface area contributed by atoms with Gasteiger partial charge in [0, 0.05) is 24.7 Å². The van der Waals surface area contributed by atoms with E-state index in [4.69, 9.17) is 14.7 Å². The lowest BCUT2D eigenvalue weighted by Gasteiger charge is -2.31. The topological polar surface area (TPSA) is 80.1 Å². The minimum absolute atomic E-state index is 0.187. The van der Waals surface area contributed by atoms with E-state index in [9.17, 15) is 8.78 Å². The molecule has 0 atom stereocenters. The summed E-state index contributed by atoms with van der Waals surface area (Å²) in [7, 11) is 0. The third-order valence-corrected chi connectivity index (χ3v) is 8.52. The number of aromatic nitrogens is 4. The average molecular weight is 540 g/mol. The maximum Gasteiger partial charge on any atom is 0.224 e. The Bertz CT molecular complexity index is 1250. The first kappa shape index (κ1) is 26.4. The summed E-state index contributed by atoms with van der Waals surface area (Å²) < 4.78 is 36.1. The van der Waals surface area contributed by atoms with Gasteiger partial charge in [-0.25, -0.2) is 18.7 Å². The van der Waals surface area contributed by atoms with Crippen LogP contribution in [-0.4, -0.2) is 62.8 Å². The second-order valence-corrected chi connectivity index (χ2v) is 11.3. The van der Waals surface area contributed by atoms with Crippen LogP contribution >= 0.6 is 0 Å². The van der Waals surface area contributed by atoms with Crippen LogP contribution in [0.15, 0.2) is 24.4 Å². The van der Waals surface area contributed by atoms with Gasteiger partial charge in [-0.15, -0.1) is 0 Å². The second kappa shape index (κ2) is 12.1. The maximum atomic E-state index is 14.4. The molecule has 1 aliphatic heterocycles. The molecule has 3 heterocycles. The quantitative estimate of drug-likeness (QED) is 0.336. The minimum atomic E-state index is -0.653. The number of ether oxygens (including phenoxy) is 1. The normalized spacial score (nSPS) is 22.9. The van der Waals surface area contributed by atoms with Crippen LogP contribution in [0.2, 0.25) is 0 Å². The number of rotatable bonds is 9. The van der Waals surface area contributed by atoms with Crippen LogP contribution in [-0.2, 0) is 4.74 Å². The van der Waals surface area contributed by atoms with Crippen molar-refractivity contribution in [1.82, 2.24) is 24.4 Å². The summed E-state index contributed by atoms with van der Waals surface area (Å²) in [6.07, 6.45) is 14.5. The molecule has 1 saturated heterocycles. The summed E-state index contributed by atoms with van der Waals surface area (Å²) in [6, 6.07) is 4.04. The minimum Gasteiger partial charge on any atom is -0.377 e. The zero-order valence-corrected chi connectivity index (χ0v) is 22.5. The van der Waals surface area contributed by atoms with Gasteiger partial charge < -0.3 is 20.3 Å². The summed E-state index contributed by atoms with van der Waals surface area (Å²) >= 11 is 0. The van der Waals surface area contributed by atoms with Crippen LogP contribution in [0.3, 0.4) is 0 Å². The molecule has 1 aromatic carbocycles. The van der Waals surface area contributed by atoms with Gasteiger partial charge in [-0.3, -0.25) is 4.57 Å². The monoisotopic (exact) mass is 539 g/mol. The highest BCUT2D eigenvalue weighted by Gasteiger charge is 2.26. The highest BCUT2D eigenvalue weighted by molar-refractivity contribution is 5.76. The van der Waals surface area contributed by atoms with Crippen LogP contribution < -0.4 is 10.6 Å². The molecule has 10 heteroatoms. The molecule has 210 valence electrons. The standard InChI is InChI=1S/C29H39F2N7O/c30-20-8-13-25(24(31)18-20)34-29-35-26-19-32-28(36-27(26)38(29)22-6-2-3-7-22)33-21-9-11-23(12-10-21)39-17-16-37-14-4-1-5-15-37/h8,13,18-19,21-23H,1-7,9-12,14-17H2,(H,34,35)(H,32,33,36). The molecule has 3 aliphatic rings. The molecule has 3 aromatic rings. The molecule has 0 bridgehead atoms. The molecule has 0 unspecified atom stereocenters. The van der Waals surface area contributed by atoms with Crippen molar-refractivity contribution >= 4 is 28.7 Å². The highest BCUT2D eigenvalue weighted by Crippen LogP contribution is 2.36. The number of likely N-dealkylation sites (tertiary alicyclic amines) is 1. The Balaban J connectivity index is 1.11. The van der Waals surface area contributed by atoms with Gasteiger partial charge in [0.15, 0.2) is 5.65 Å². The Morgan fingerprint density at radius 1 is 0.923 bits per heavy atom. The summed E-state index contributed by atoms with van der Waals surface area (Å²) in [5.41, 5.74) is 1.58. The first-order valence-corrected chi connectivity index (χ1v) is 14.7. The maximum absolute atomic E-state index is 14.4. The Labute approximate surface area is 228 Å². The molecule has 2 aromatic heterocycles. The molecule has 0 spiro atoms. The van der Waals surface area contributed by atoms with Crippen molar-refractivity contribution in [2.45, 2.75) is 88.8 Å². The van der Waals surface area contributed by atoms with Gasteiger partial charge in [0.1, 0.15) is 17.2 Å². The van der Waals surface area contributed by atoms with E-state index in [1.807, 2.05) is 0 Å². The van der Waals surface area contributed by atoms with E-state index >= 15 is 0 Å². The number of hydrogen-bond acceptors (Lipinski definition) is 7. The number of nitrogens with zero attached hydrogens (tertiary/aromatic N) is 5. The van der Waals surface area contributed by atoms with Crippen molar-refractivity contribution < 1.29 is 13.5 Å². The molecule has 39 heavy (non-hydrogen) atoms. The van der Waals surface area contributed by atoms with Crippen molar-refractivity contribution in [1.29, 1.82) is 0 Å². The Kier molecular flexibility index (Phi) is 8.20. The van der Waals surface area contributed by atoms with E-state index in [1.54, 1.807) is 6.20 Å². The van der Waals surface area contributed by atoms with E-state index in [2.05, 4.69) is 25.1 Å². The summed E-state index contributed by atoms with van der Waals surface area (Å²) in [4.78, 5) is 16.7. The van der Waals surface area contributed by atoms with Crippen LogP contribution in [0, 0.1) is 11.6 Å². The number of halogens is 2. The fraction of sp³-hybridized carbons (Fsp3) is 0.621. The Morgan fingerprint density at radius 3 is 2.49 bits per heavy atom. The van der Waals surface area contributed by atoms with Gasteiger partial charge in [0.2, 0.25) is 11.9 Å². The van der Waals surface area contributed by atoms with Crippen molar-refractivity contribution in [3.63, 3.8) is 0 Å². The predicted molar refractivity (Wildman–Crippen MR) is 148 cm³/mol. The number of hydrogen-bond donors (Lipinski definition) is 2. The molecule has 6 rings (SSSR count). The molecule has 3 fully saturated rings. The van der Waals surface area contributed by atoms with Crippen molar-refractivity contribution in [3.8, 4) is 0 Å². The lowest BCUT2D eigenvalue weighted by molar-refractivity contribution is 0.0123. The van der Waals surface area contributed by atoms with E-state index < -0.39 is 11.6 Å². The number of imidazole rings is 1. The molecular weight excluding hydrogens is 500 g/mol. The first-order chi connectivity index (χ1) is 19.1. The Hall–Kier alpha value is -2.85. The molecule has 2 aliphatic carbocycles. The number of nitrogens with one attached hydrogen (secondary N) is 2. The van der Waals surface area contributed by atoms with E-state index in [-0.39, 0.29) is 11.7 Å².